The number of urea groups is 1. The van der Waals surface area contributed by atoms with Crippen LogP contribution in [0.5, 0.6) is 5.75 Å². The lowest BCUT2D eigenvalue weighted by atomic mass is 10.1. The van der Waals surface area contributed by atoms with Crippen molar-refractivity contribution in [1.82, 2.24) is 15.4 Å². The van der Waals surface area contributed by atoms with Crippen LogP contribution in [0.25, 0.3) is 0 Å². The predicted molar refractivity (Wildman–Crippen MR) is 97.1 cm³/mol. The Bertz CT molecular complexity index is 695. The van der Waals surface area contributed by atoms with Crippen molar-refractivity contribution in [3.8, 4) is 5.75 Å². The van der Waals surface area contributed by atoms with Crippen molar-refractivity contribution >= 4 is 11.7 Å². The van der Waals surface area contributed by atoms with Gasteiger partial charge in [0.2, 0.25) is 0 Å². The van der Waals surface area contributed by atoms with Crippen molar-refractivity contribution < 1.29 is 14.1 Å². The molecule has 7 nitrogen and oxygen atoms in total. The van der Waals surface area contributed by atoms with Gasteiger partial charge in [-0.3, -0.25) is 0 Å². The maximum Gasteiger partial charge on any atom is 0.319 e. The second-order valence-corrected chi connectivity index (χ2v) is 6.11. The van der Waals surface area contributed by atoms with Gasteiger partial charge in [-0.1, -0.05) is 24.2 Å². The van der Waals surface area contributed by atoms with Crippen LogP contribution < -0.4 is 15.4 Å². The molecule has 2 N–H and O–H groups in total. The first kappa shape index (κ1) is 18.8. The van der Waals surface area contributed by atoms with Crippen LogP contribution >= 0.6 is 0 Å². The SMILES string of the molecule is CCc1onc(C)c1NC(=O)N[C@H](CN(C)C)c1ccc(OC)cc1. The molecule has 25 heavy (non-hydrogen) atoms. The molecule has 0 aliphatic rings. The molecule has 0 saturated carbocycles. The lowest BCUT2D eigenvalue weighted by molar-refractivity contribution is 0.244. The summed E-state index contributed by atoms with van der Waals surface area (Å²) in [7, 11) is 5.56. The third kappa shape index (κ3) is 4.96. The average Bonchev–Trinajstić information content (AvgIpc) is 2.94. The van der Waals surface area contributed by atoms with Gasteiger partial charge in [0, 0.05) is 13.0 Å². The van der Waals surface area contributed by atoms with Gasteiger partial charge in [0.05, 0.1) is 13.2 Å². The summed E-state index contributed by atoms with van der Waals surface area (Å²) >= 11 is 0. The number of aryl methyl sites for hydroxylation is 2. The van der Waals surface area contributed by atoms with Gasteiger partial charge in [0.25, 0.3) is 0 Å². The number of benzene rings is 1. The van der Waals surface area contributed by atoms with E-state index in [1.54, 1.807) is 14.0 Å². The summed E-state index contributed by atoms with van der Waals surface area (Å²) in [5, 5.41) is 9.78. The minimum atomic E-state index is -0.288. The van der Waals surface area contributed by atoms with Crippen molar-refractivity contribution in [3.05, 3.63) is 41.3 Å². The smallest absolute Gasteiger partial charge is 0.319 e. The topological polar surface area (TPSA) is 79.6 Å². The maximum absolute atomic E-state index is 12.5. The Balaban J connectivity index is 2.12. The number of likely N-dealkylation sites (N-methyl/N-ethyl adjacent to an activating group) is 1. The molecule has 2 aromatic rings. The van der Waals surface area contributed by atoms with Gasteiger partial charge in [-0.15, -0.1) is 0 Å². The largest absolute Gasteiger partial charge is 0.497 e. The number of rotatable bonds is 7. The predicted octanol–water partition coefficient (Wildman–Crippen LogP) is 2.98. The summed E-state index contributed by atoms with van der Waals surface area (Å²) in [5.41, 5.74) is 2.31. The fourth-order valence-electron chi connectivity index (χ4n) is 2.56. The van der Waals surface area contributed by atoms with Gasteiger partial charge in [-0.2, -0.15) is 0 Å². The Hall–Kier alpha value is -2.54. The van der Waals surface area contributed by atoms with E-state index in [9.17, 15) is 4.79 Å². The van der Waals surface area contributed by atoms with Crippen LogP contribution in [-0.2, 0) is 6.42 Å². The molecule has 1 heterocycles. The van der Waals surface area contributed by atoms with Crippen LogP contribution in [0.1, 0.15) is 30.0 Å². The number of ether oxygens (including phenoxy) is 1. The van der Waals surface area contributed by atoms with E-state index in [2.05, 4.69) is 15.8 Å². The number of methoxy groups -OCH3 is 1. The van der Waals surface area contributed by atoms with E-state index in [1.807, 2.05) is 50.2 Å². The maximum atomic E-state index is 12.5. The molecular formula is C18H26N4O3. The summed E-state index contributed by atoms with van der Waals surface area (Å²) in [6, 6.07) is 7.23. The molecule has 2 rings (SSSR count). The molecule has 0 spiro atoms. The molecule has 0 saturated heterocycles. The summed E-state index contributed by atoms with van der Waals surface area (Å²) < 4.78 is 10.4. The zero-order valence-electron chi connectivity index (χ0n) is 15.4. The van der Waals surface area contributed by atoms with Crippen molar-refractivity contribution in [2.45, 2.75) is 26.3 Å². The summed E-state index contributed by atoms with van der Waals surface area (Å²) in [6.45, 7) is 4.43. The number of aromatic nitrogens is 1. The molecule has 0 fully saturated rings. The Morgan fingerprint density at radius 2 is 2.00 bits per heavy atom. The number of nitrogens with zero attached hydrogens (tertiary/aromatic N) is 2. The molecule has 0 bridgehead atoms. The van der Waals surface area contributed by atoms with Crippen molar-refractivity contribution in [2.24, 2.45) is 0 Å². The van der Waals surface area contributed by atoms with Gasteiger partial charge < -0.3 is 24.8 Å². The first-order chi connectivity index (χ1) is 11.9. The Kier molecular flexibility index (Phi) is 6.41. The zero-order chi connectivity index (χ0) is 18.4. The normalized spacial score (nSPS) is 12.1. The number of carbonyl (C=O) groups is 1. The third-order valence-electron chi connectivity index (χ3n) is 3.86. The molecule has 1 aromatic heterocycles. The summed E-state index contributed by atoms with van der Waals surface area (Å²) in [6.07, 6.45) is 0.663. The van der Waals surface area contributed by atoms with Crippen LogP contribution in [0.4, 0.5) is 10.5 Å². The van der Waals surface area contributed by atoms with Crippen molar-refractivity contribution in [3.63, 3.8) is 0 Å². The molecule has 7 heteroatoms. The Morgan fingerprint density at radius 1 is 1.32 bits per heavy atom. The molecule has 0 radical (unpaired) electrons. The second kappa shape index (κ2) is 8.53. The average molecular weight is 346 g/mol. The van der Waals surface area contributed by atoms with Crippen molar-refractivity contribution in [2.75, 3.05) is 33.1 Å². The number of nitrogens with one attached hydrogen (secondary N) is 2. The van der Waals surface area contributed by atoms with E-state index in [4.69, 9.17) is 9.26 Å². The molecule has 1 atom stereocenters. The molecule has 0 unspecified atom stereocenters. The minimum absolute atomic E-state index is 0.161. The van der Waals surface area contributed by atoms with E-state index in [1.165, 1.54) is 0 Å². The zero-order valence-corrected chi connectivity index (χ0v) is 15.4. The van der Waals surface area contributed by atoms with Crippen LogP contribution in [0.3, 0.4) is 0 Å². The Morgan fingerprint density at radius 3 is 2.56 bits per heavy atom. The fraction of sp³-hybridized carbons (Fsp3) is 0.444. The molecule has 0 aliphatic carbocycles. The summed E-state index contributed by atoms with van der Waals surface area (Å²) in [5.74, 6) is 1.45. The highest BCUT2D eigenvalue weighted by Gasteiger charge is 2.19. The second-order valence-electron chi connectivity index (χ2n) is 6.11. The lowest BCUT2D eigenvalue weighted by Gasteiger charge is -2.23. The van der Waals surface area contributed by atoms with Crippen LogP contribution in [0, 0.1) is 6.92 Å². The number of amides is 2. The standard InChI is InChI=1S/C18H26N4O3/c1-6-16-17(12(2)21-25-16)20-18(23)19-15(11-22(3)4)13-7-9-14(24-5)10-8-13/h7-10,15H,6,11H2,1-5H3,(H2,19,20,23)/t15-/m1/s1. The molecule has 0 aliphatic heterocycles. The van der Waals surface area contributed by atoms with Crippen LogP contribution in [0.15, 0.2) is 28.8 Å². The highest BCUT2D eigenvalue weighted by atomic mass is 16.5. The quantitative estimate of drug-likeness (QED) is 0.806. The van der Waals surface area contributed by atoms with Crippen LogP contribution in [-0.4, -0.2) is 43.8 Å². The molecule has 2 amide bonds. The molecule has 136 valence electrons. The fourth-order valence-corrected chi connectivity index (χ4v) is 2.56. The van der Waals surface area contributed by atoms with E-state index in [-0.39, 0.29) is 12.1 Å². The highest BCUT2D eigenvalue weighted by molar-refractivity contribution is 5.90. The molecular weight excluding hydrogens is 320 g/mol. The monoisotopic (exact) mass is 346 g/mol. The first-order valence-electron chi connectivity index (χ1n) is 8.26. The summed E-state index contributed by atoms with van der Waals surface area (Å²) in [4.78, 5) is 14.5. The number of anilines is 1. The third-order valence-corrected chi connectivity index (χ3v) is 3.86. The van der Waals surface area contributed by atoms with E-state index >= 15 is 0 Å². The Labute approximate surface area is 148 Å². The van der Waals surface area contributed by atoms with Crippen molar-refractivity contribution in [1.29, 1.82) is 0 Å². The minimum Gasteiger partial charge on any atom is -0.497 e. The number of hydrogen-bond acceptors (Lipinski definition) is 5. The van der Waals surface area contributed by atoms with Gasteiger partial charge in [0.15, 0.2) is 5.76 Å². The first-order valence-corrected chi connectivity index (χ1v) is 8.26. The van der Waals surface area contributed by atoms with Gasteiger partial charge in [-0.25, -0.2) is 4.79 Å². The number of hydrogen-bond donors (Lipinski definition) is 2. The van der Waals surface area contributed by atoms with Crippen LogP contribution in [0.2, 0.25) is 0 Å². The van der Waals surface area contributed by atoms with Gasteiger partial charge in [-0.05, 0) is 38.7 Å². The van der Waals surface area contributed by atoms with E-state index in [0.717, 1.165) is 11.3 Å². The van der Waals surface area contributed by atoms with Gasteiger partial charge >= 0.3 is 6.03 Å². The number of carbonyl (C=O) groups excluding carboxylic acids is 1. The van der Waals surface area contributed by atoms with E-state index in [0.29, 0.717) is 30.1 Å². The lowest BCUT2D eigenvalue weighted by Crippen LogP contribution is -2.38. The van der Waals surface area contributed by atoms with Gasteiger partial charge in [0.1, 0.15) is 17.1 Å². The molecule has 1 aromatic carbocycles. The highest BCUT2D eigenvalue weighted by Crippen LogP contribution is 2.22. The van der Waals surface area contributed by atoms with E-state index < -0.39 is 0 Å².